The molecule has 0 heterocycles. The molecule has 0 saturated carbocycles. The Hall–Kier alpha value is -1.84. The standard InChI is InChI=1S/C14H7Cl2NO2/c15-7-4-5-8(16)12-11(7)13(18)6-2-1-3-9(17)10(6)14(12)19/h1-5H,17H2. The molecule has 2 aromatic carbocycles. The Morgan fingerprint density at radius 3 is 2.00 bits per heavy atom. The molecule has 5 heteroatoms. The fourth-order valence-corrected chi connectivity index (χ4v) is 2.75. The fourth-order valence-electron chi connectivity index (χ4n) is 2.27. The SMILES string of the molecule is Nc1cccc2c1C(=O)c1c(Cl)ccc(Cl)c1C2=O. The van der Waals surface area contributed by atoms with E-state index in [0.29, 0.717) is 0 Å². The molecule has 19 heavy (non-hydrogen) atoms. The van der Waals surface area contributed by atoms with Crippen molar-refractivity contribution in [2.75, 3.05) is 5.73 Å². The number of fused-ring (bicyclic) bond motifs is 2. The number of hydrogen-bond donors (Lipinski definition) is 1. The molecule has 0 bridgehead atoms. The molecule has 0 aromatic heterocycles. The molecule has 0 unspecified atom stereocenters. The normalized spacial score (nSPS) is 13.2. The summed E-state index contributed by atoms with van der Waals surface area (Å²) in [7, 11) is 0. The number of carbonyl (C=O) groups excluding carboxylic acids is 2. The van der Waals surface area contributed by atoms with Crippen LogP contribution in [0.1, 0.15) is 31.8 Å². The van der Waals surface area contributed by atoms with Crippen molar-refractivity contribution in [3.8, 4) is 0 Å². The van der Waals surface area contributed by atoms with Gasteiger partial charge in [-0.15, -0.1) is 0 Å². The average molecular weight is 292 g/mol. The van der Waals surface area contributed by atoms with Crippen molar-refractivity contribution in [1.82, 2.24) is 0 Å². The first-order valence-corrected chi connectivity index (χ1v) is 6.24. The lowest BCUT2D eigenvalue weighted by molar-refractivity contribution is 0.0980. The van der Waals surface area contributed by atoms with E-state index in [9.17, 15) is 9.59 Å². The van der Waals surface area contributed by atoms with E-state index in [1.165, 1.54) is 12.1 Å². The second-order valence-electron chi connectivity index (χ2n) is 4.21. The zero-order chi connectivity index (χ0) is 13.7. The van der Waals surface area contributed by atoms with E-state index in [1.54, 1.807) is 18.2 Å². The minimum absolute atomic E-state index is 0.129. The third kappa shape index (κ3) is 1.59. The summed E-state index contributed by atoms with van der Waals surface area (Å²) in [6.45, 7) is 0. The molecule has 0 spiro atoms. The minimum Gasteiger partial charge on any atom is -0.398 e. The van der Waals surface area contributed by atoms with Crippen molar-refractivity contribution in [2.24, 2.45) is 0 Å². The van der Waals surface area contributed by atoms with Crippen molar-refractivity contribution in [2.45, 2.75) is 0 Å². The molecule has 0 saturated heterocycles. The number of halogens is 2. The summed E-state index contributed by atoms with van der Waals surface area (Å²) >= 11 is 12.0. The van der Waals surface area contributed by atoms with Crippen LogP contribution in [0.15, 0.2) is 30.3 Å². The van der Waals surface area contributed by atoms with Crippen molar-refractivity contribution < 1.29 is 9.59 Å². The number of anilines is 1. The molecule has 0 amide bonds. The highest BCUT2D eigenvalue weighted by molar-refractivity contribution is 6.43. The van der Waals surface area contributed by atoms with E-state index in [0.717, 1.165) is 0 Å². The van der Waals surface area contributed by atoms with Gasteiger partial charge in [-0.1, -0.05) is 35.3 Å². The zero-order valence-electron chi connectivity index (χ0n) is 9.54. The Morgan fingerprint density at radius 1 is 0.789 bits per heavy atom. The topological polar surface area (TPSA) is 60.2 Å². The molecule has 1 aliphatic rings. The number of rotatable bonds is 0. The van der Waals surface area contributed by atoms with Gasteiger partial charge in [0.05, 0.1) is 26.7 Å². The van der Waals surface area contributed by atoms with Crippen LogP contribution in [0, 0.1) is 0 Å². The number of hydrogen-bond acceptors (Lipinski definition) is 3. The van der Waals surface area contributed by atoms with E-state index in [-0.39, 0.29) is 49.6 Å². The van der Waals surface area contributed by atoms with E-state index >= 15 is 0 Å². The first kappa shape index (κ1) is 12.2. The summed E-state index contributed by atoms with van der Waals surface area (Å²) in [5, 5.41) is 0.414. The lowest BCUT2D eigenvalue weighted by atomic mass is 9.83. The van der Waals surface area contributed by atoms with E-state index < -0.39 is 0 Å². The first-order chi connectivity index (χ1) is 9.02. The Labute approximate surface area is 118 Å². The Morgan fingerprint density at radius 2 is 1.37 bits per heavy atom. The van der Waals surface area contributed by atoms with Gasteiger partial charge in [0.25, 0.3) is 0 Å². The number of carbonyl (C=O) groups is 2. The number of nitrogen functional groups attached to an aromatic ring is 1. The number of nitrogens with two attached hydrogens (primary N) is 1. The molecule has 3 rings (SSSR count). The molecule has 0 aliphatic heterocycles. The summed E-state index contributed by atoms with van der Waals surface area (Å²) in [6, 6.07) is 7.77. The maximum absolute atomic E-state index is 12.5. The highest BCUT2D eigenvalue weighted by Crippen LogP contribution is 2.37. The summed E-state index contributed by atoms with van der Waals surface area (Å²) in [6.07, 6.45) is 0. The van der Waals surface area contributed by atoms with E-state index in [4.69, 9.17) is 28.9 Å². The van der Waals surface area contributed by atoms with Crippen LogP contribution >= 0.6 is 23.2 Å². The number of benzene rings is 2. The highest BCUT2D eigenvalue weighted by atomic mass is 35.5. The van der Waals surface area contributed by atoms with Crippen LogP contribution in [0.25, 0.3) is 0 Å². The predicted molar refractivity (Wildman–Crippen MR) is 74.2 cm³/mol. The molecule has 94 valence electrons. The van der Waals surface area contributed by atoms with Crippen molar-refractivity contribution in [3.63, 3.8) is 0 Å². The molecule has 0 fully saturated rings. The maximum atomic E-state index is 12.5. The molecule has 0 atom stereocenters. The van der Waals surface area contributed by atoms with Gasteiger partial charge in [-0.25, -0.2) is 0 Å². The largest absolute Gasteiger partial charge is 0.398 e. The fraction of sp³-hybridized carbons (Fsp3) is 0. The van der Waals surface area contributed by atoms with Gasteiger partial charge in [0, 0.05) is 11.3 Å². The van der Waals surface area contributed by atoms with Crippen LogP contribution in [-0.2, 0) is 0 Å². The maximum Gasteiger partial charge on any atom is 0.198 e. The Kier molecular flexibility index (Phi) is 2.62. The lowest BCUT2D eigenvalue weighted by Crippen LogP contribution is -2.23. The quantitative estimate of drug-likeness (QED) is 0.646. The lowest BCUT2D eigenvalue weighted by Gasteiger charge is -2.20. The summed E-state index contributed by atoms with van der Waals surface area (Å²) in [5.41, 5.74) is 6.79. The van der Waals surface area contributed by atoms with Gasteiger partial charge in [-0.2, -0.15) is 0 Å². The highest BCUT2D eigenvalue weighted by Gasteiger charge is 2.34. The van der Waals surface area contributed by atoms with Gasteiger partial charge in [-0.3, -0.25) is 9.59 Å². The van der Waals surface area contributed by atoms with Crippen LogP contribution < -0.4 is 5.73 Å². The smallest absolute Gasteiger partial charge is 0.198 e. The third-order valence-corrected chi connectivity index (χ3v) is 3.76. The molecular weight excluding hydrogens is 285 g/mol. The van der Waals surface area contributed by atoms with Crippen LogP contribution in [0.3, 0.4) is 0 Å². The molecule has 1 aliphatic carbocycles. The molecule has 0 radical (unpaired) electrons. The second-order valence-corrected chi connectivity index (χ2v) is 5.02. The summed E-state index contributed by atoms with van der Waals surface area (Å²) < 4.78 is 0. The second kappa shape index (κ2) is 4.08. The van der Waals surface area contributed by atoms with Crippen molar-refractivity contribution in [3.05, 3.63) is 62.6 Å². The molecular formula is C14H7Cl2NO2. The first-order valence-electron chi connectivity index (χ1n) is 5.48. The molecule has 2 N–H and O–H groups in total. The van der Waals surface area contributed by atoms with Crippen LogP contribution in [-0.4, -0.2) is 11.6 Å². The summed E-state index contributed by atoms with van der Waals surface area (Å²) in [5.74, 6) is -0.695. The van der Waals surface area contributed by atoms with Gasteiger partial charge >= 0.3 is 0 Å². The van der Waals surface area contributed by atoms with Crippen LogP contribution in [0.4, 0.5) is 5.69 Å². The average Bonchev–Trinajstić information content (AvgIpc) is 2.38. The Balaban J connectivity index is 2.43. The van der Waals surface area contributed by atoms with Crippen molar-refractivity contribution >= 4 is 40.5 Å². The molecule has 2 aromatic rings. The van der Waals surface area contributed by atoms with Gasteiger partial charge in [-0.05, 0) is 18.2 Å². The monoisotopic (exact) mass is 291 g/mol. The minimum atomic E-state index is -0.366. The van der Waals surface area contributed by atoms with Gasteiger partial charge in [0.15, 0.2) is 11.6 Å². The van der Waals surface area contributed by atoms with Gasteiger partial charge in [0.1, 0.15) is 0 Å². The van der Waals surface area contributed by atoms with Gasteiger partial charge < -0.3 is 5.73 Å². The zero-order valence-corrected chi connectivity index (χ0v) is 11.0. The van der Waals surface area contributed by atoms with Crippen LogP contribution in [0.2, 0.25) is 10.0 Å². The van der Waals surface area contributed by atoms with Gasteiger partial charge in [0.2, 0.25) is 0 Å². The predicted octanol–water partition coefficient (Wildman–Crippen LogP) is 3.35. The molecule has 3 nitrogen and oxygen atoms in total. The van der Waals surface area contributed by atoms with Crippen LogP contribution in [0.5, 0.6) is 0 Å². The van der Waals surface area contributed by atoms with Crippen molar-refractivity contribution in [1.29, 1.82) is 0 Å². The summed E-state index contributed by atoms with van der Waals surface area (Å²) in [4.78, 5) is 24.9. The van der Waals surface area contributed by atoms with E-state index in [1.807, 2.05) is 0 Å². The third-order valence-electron chi connectivity index (χ3n) is 3.13. The Bertz CT molecular complexity index is 753. The van der Waals surface area contributed by atoms with E-state index in [2.05, 4.69) is 0 Å². The number of ketones is 2.